The van der Waals surface area contributed by atoms with E-state index in [1.54, 1.807) is 18.5 Å². The Morgan fingerprint density at radius 3 is 2.67 bits per heavy atom. The molecule has 0 saturated heterocycles. The van der Waals surface area contributed by atoms with Crippen molar-refractivity contribution >= 4 is 23.9 Å². The van der Waals surface area contributed by atoms with Crippen molar-refractivity contribution in [1.82, 2.24) is 9.78 Å². The Kier molecular flexibility index (Phi) is 3.43. The first kappa shape index (κ1) is 12.7. The number of hydrogen-bond donors (Lipinski definition) is 0. The number of alkyl halides is 3. The molecule has 94 valence electrons. The molecule has 1 aromatic carbocycles. The Labute approximate surface area is 106 Å². The van der Waals surface area contributed by atoms with Crippen LogP contribution >= 0.6 is 11.6 Å². The third-order valence-electron chi connectivity index (χ3n) is 2.26. The van der Waals surface area contributed by atoms with E-state index in [9.17, 15) is 13.2 Å². The number of hydrogen-bond acceptors (Lipinski definition) is 1. The van der Waals surface area contributed by atoms with Crippen LogP contribution in [0.25, 0.3) is 12.3 Å². The van der Waals surface area contributed by atoms with Gasteiger partial charge in [0, 0.05) is 23.6 Å². The lowest BCUT2D eigenvalue weighted by Crippen LogP contribution is -2.04. The predicted octanol–water partition coefficient (Wildman–Crippen LogP) is 4.18. The summed E-state index contributed by atoms with van der Waals surface area (Å²) >= 11 is 5.84. The van der Waals surface area contributed by atoms with Crippen LogP contribution < -0.4 is 0 Å². The molecular formula is C12H8ClF3N2. The summed E-state index contributed by atoms with van der Waals surface area (Å²) < 4.78 is 39.1. The second kappa shape index (κ2) is 4.86. The van der Waals surface area contributed by atoms with Crippen molar-refractivity contribution in [1.29, 1.82) is 0 Å². The normalized spacial score (nSPS) is 12.2. The summed E-state index contributed by atoms with van der Waals surface area (Å²) in [5.41, 5.74) is -0.436. The number of aromatic nitrogens is 2. The highest BCUT2D eigenvalue weighted by atomic mass is 35.5. The van der Waals surface area contributed by atoms with Crippen molar-refractivity contribution in [2.75, 3.05) is 0 Å². The van der Waals surface area contributed by atoms with Gasteiger partial charge in [0.15, 0.2) is 0 Å². The highest BCUT2D eigenvalue weighted by Gasteiger charge is 2.30. The molecule has 18 heavy (non-hydrogen) atoms. The smallest absolute Gasteiger partial charge is 0.248 e. The Bertz CT molecular complexity index is 559. The van der Waals surface area contributed by atoms with Crippen LogP contribution in [0, 0.1) is 0 Å². The fourth-order valence-corrected chi connectivity index (χ4v) is 1.55. The minimum absolute atomic E-state index is 0.256. The fourth-order valence-electron chi connectivity index (χ4n) is 1.37. The number of benzene rings is 1. The second-order valence-electron chi connectivity index (χ2n) is 3.54. The van der Waals surface area contributed by atoms with E-state index < -0.39 is 11.7 Å². The van der Waals surface area contributed by atoms with Crippen molar-refractivity contribution in [3.63, 3.8) is 0 Å². The summed E-state index contributed by atoms with van der Waals surface area (Å²) in [4.78, 5) is 0. The molecule has 1 heterocycles. The van der Waals surface area contributed by atoms with E-state index in [1.807, 2.05) is 0 Å². The summed E-state index contributed by atoms with van der Waals surface area (Å²) in [6.45, 7) is 0. The van der Waals surface area contributed by atoms with Crippen molar-refractivity contribution in [2.24, 2.45) is 0 Å². The van der Waals surface area contributed by atoms with Gasteiger partial charge in [-0.25, -0.2) is 4.68 Å². The Balaban J connectivity index is 2.33. The maximum atomic E-state index is 12.5. The highest BCUT2D eigenvalue weighted by Crippen LogP contribution is 2.32. The lowest BCUT2D eigenvalue weighted by molar-refractivity contribution is -0.137. The van der Waals surface area contributed by atoms with E-state index in [1.165, 1.54) is 23.0 Å². The van der Waals surface area contributed by atoms with Gasteiger partial charge in [-0.05, 0) is 35.9 Å². The maximum absolute atomic E-state index is 12.5. The van der Waals surface area contributed by atoms with Gasteiger partial charge in [-0.2, -0.15) is 18.3 Å². The van der Waals surface area contributed by atoms with Gasteiger partial charge in [-0.15, -0.1) is 0 Å². The van der Waals surface area contributed by atoms with Gasteiger partial charge in [0.25, 0.3) is 0 Å². The monoisotopic (exact) mass is 272 g/mol. The van der Waals surface area contributed by atoms with E-state index in [-0.39, 0.29) is 5.02 Å². The zero-order chi connectivity index (χ0) is 13.2. The third kappa shape index (κ3) is 2.92. The minimum Gasteiger partial charge on any atom is -0.248 e. The van der Waals surface area contributed by atoms with Gasteiger partial charge < -0.3 is 0 Å². The maximum Gasteiger partial charge on any atom is 0.416 e. The number of halogens is 4. The van der Waals surface area contributed by atoms with Crippen molar-refractivity contribution in [3.05, 3.63) is 52.8 Å². The van der Waals surface area contributed by atoms with Gasteiger partial charge >= 0.3 is 6.18 Å². The summed E-state index contributed by atoms with van der Waals surface area (Å²) in [5, 5.41) is 4.15. The zero-order valence-electron chi connectivity index (χ0n) is 9.03. The molecule has 1 aromatic heterocycles. The highest BCUT2D eigenvalue weighted by molar-refractivity contribution is 6.32. The summed E-state index contributed by atoms with van der Waals surface area (Å²) in [6, 6.07) is 4.89. The van der Waals surface area contributed by atoms with Gasteiger partial charge in [0.2, 0.25) is 0 Å². The SMILES string of the molecule is FC(F)(F)c1ccc(Cl)c(C=Cn2cccn2)c1. The number of nitrogens with zero attached hydrogens (tertiary/aromatic N) is 2. The van der Waals surface area contributed by atoms with E-state index in [4.69, 9.17) is 11.6 Å². The van der Waals surface area contributed by atoms with Gasteiger partial charge in [-0.3, -0.25) is 0 Å². The largest absolute Gasteiger partial charge is 0.416 e. The molecule has 0 radical (unpaired) electrons. The van der Waals surface area contributed by atoms with Crippen molar-refractivity contribution < 1.29 is 13.2 Å². The van der Waals surface area contributed by atoms with E-state index in [2.05, 4.69) is 5.10 Å². The van der Waals surface area contributed by atoms with Crippen LogP contribution in [0.4, 0.5) is 13.2 Å². The van der Waals surface area contributed by atoms with Crippen LogP contribution in [0.2, 0.25) is 5.02 Å². The molecule has 0 unspecified atom stereocenters. The second-order valence-corrected chi connectivity index (χ2v) is 3.94. The molecule has 2 rings (SSSR count). The molecule has 0 aliphatic heterocycles. The first-order valence-corrected chi connectivity index (χ1v) is 5.39. The van der Waals surface area contributed by atoms with Crippen molar-refractivity contribution in [2.45, 2.75) is 6.18 Å². The number of rotatable bonds is 2. The predicted molar refractivity (Wildman–Crippen MR) is 63.9 cm³/mol. The molecule has 6 heteroatoms. The lowest BCUT2D eigenvalue weighted by atomic mass is 10.1. The Morgan fingerprint density at radius 2 is 2.06 bits per heavy atom. The summed E-state index contributed by atoms with van der Waals surface area (Å²) in [5.74, 6) is 0. The molecule has 2 aromatic rings. The Hall–Kier alpha value is -1.75. The molecular weight excluding hydrogens is 265 g/mol. The molecule has 2 nitrogen and oxygen atoms in total. The molecule has 0 atom stereocenters. The topological polar surface area (TPSA) is 17.8 Å². The van der Waals surface area contributed by atoms with E-state index in [0.29, 0.717) is 5.56 Å². The molecule has 0 aliphatic carbocycles. The van der Waals surface area contributed by atoms with Crippen LogP contribution in [0.1, 0.15) is 11.1 Å². The lowest BCUT2D eigenvalue weighted by Gasteiger charge is -2.08. The molecule has 0 saturated carbocycles. The van der Waals surface area contributed by atoms with Crippen LogP contribution in [-0.2, 0) is 6.18 Å². The van der Waals surface area contributed by atoms with E-state index in [0.717, 1.165) is 12.1 Å². The molecule has 0 N–H and O–H groups in total. The van der Waals surface area contributed by atoms with Crippen LogP contribution in [0.3, 0.4) is 0 Å². The van der Waals surface area contributed by atoms with Gasteiger partial charge in [-0.1, -0.05) is 11.6 Å². The first-order chi connectivity index (χ1) is 8.47. The molecule has 0 bridgehead atoms. The van der Waals surface area contributed by atoms with Crippen molar-refractivity contribution in [3.8, 4) is 0 Å². The molecule has 0 aliphatic rings. The van der Waals surface area contributed by atoms with Crippen LogP contribution in [-0.4, -0.2) is 9.78 Å². The minimum atomic E-state index is -4.38. The Morgan fingerprint density at radius 1 is 1.28 bits per heavy atom. The quantitative estimate of drug-likeness (QED) is 0.802. The van der Waals surface area contributed by atoms with Crippen LogP contribution in [0.15, 0.2) is 36.7 Å². The molecule has 0 amide bonds. The fraction of sp³-hybridized carbons (Fsp3) is 0.0833. The average molecular weight is 273 g/mol. The van der Waals surface area contributed by atoms with Gasteiger partial charge in [0.05, 0.1) is 5.56 Å². The molecule has 0 fully saturated rings. The summed E-state index contributed by atoms with van der Waals surface area (Å²) in [7, 11) is 0. The van der Waals surface area contributed by atoms with Crippen LogP contribution in [0.5, 0.6) is 0 Å². The summed E-state index contributed by atoms with van der Waals surface area (Å²) in [6.07, 6.45) is 1.86. The van der Waals surface area contributed by atoms with E-state index >= 15 is 0 Å². The zero-order valence-corrected chi connectivity index (χ0v) is 9.78. The third-order valence-corrected chi connectivity index (χ3v) is 2.60. The molecule has 0 spiro atoms. The first-order valence-electron chi connectivity index (χ1n) is 5.01. The van der Waals surface area contributed by atoms with Gasteiger partial charge in [0.1, 0.15) is 0 Å². The standard InChI is InChI=1S/C12H8ClF3N2/c13-11-3-2-10(12(14,15)16)8-9(11)4-7-18-6-1-5-17-18/h1-8H. The average Bonchev–Trinajstić information content (AvgIpc) is 2.79.